The smallest absolute Gasteiger partial charge is 0.239 e. The Hall–Kier alpha value is -2.76. The second-order valence-corrected chi connectivity index (χ2v) is 7.11. The number of pyridine rings is 1. The van der Waals surface area contributed by atoms with Gasteiger partial charge in [-0.15, -0.1) is 0 Å². The summed E-state index contributed by atoms with van der Waals surface area (Å²) in [6, 6.07) is 11.8. The molecule has 0 spiro atoms. The van der Waals surface area contributed by atoms with E-state index in [0.29, 0.717) is 11.3 Å². The van der Waals surface area contributed by atoms with Crippen molar-refractivity contribution >= 4 is 21.6 Å². The summed E-state index contributed by atoms with van der Waals surface area (Å²) in [5.74, 6) is -0.482. The number of sulfonamides is 1. The fourth-order valence-corrected chi connectivity index (χ4v) is 2.74. The Bertz CT molecular complexity index is 860. The lowest BCUT2D eigenvalue weighted by atomic mass is 10.2. The third-order valence-electron chi connectivity index (χ3n) is 3.17. The number of carbonyl (C=O) groups excluding carboxylic acids is 1. The number of hydrogen-bond acceptors (Lipinski definition) is 5. The summed E-state index contributed by atoms with van der Waals surface area (Å²) in [6.07, 6.45) is 4.17. The first-order valence-electron chi connectivity index (χ1n) is 7.02. The van der Waals surface area contributed by atoms with Gasteiger partial charge in [0.05, 0.1) is 24.4 Å². The number of nitriles is 1. The van der Waals surface area contributed by atoms with Crippen molar-refractivity contribution < 1.29 is 13.2 Å². The number of nitrogens with zero attached hydrogens (tertiary/aromatic N) is 3. The molecule has 1 aromatic heterocycles. The minimum Gasteiger partial charge on any atom is -0.325 e. The number of anilines is 1. The van der Waals surface area contributed by atoms with Crippen LogP contribution in [0, 0.1) is 11.3 Å². The molecular weight excluding hydrogens is 328 g/mol. The van der Waals surface area contributed by atoms with Crippen molar-refractivity contribution in [2.75, 3.05) is 18.1 Å². The first-order valence-corrected chi connectivity index (χ1v) is 8.87. The molecule has 0 saturated heterocycles. The molecule has 1 heterocycles. The van der Waals surface area contributed by atoms with E-state index in [1.165, 1.54) is 6.07 Å². The average Bonchev–Trinajstić information content (AvgIpc) is 2.54. The minimum atomic E-state index is -3.56. The zero-order valence-corrected chi connectivity index (χ0v) is 13.8. The van der Waals surface area contributed by atoms with Gasteiger partial charge in [0, 0.05) is 24.6 Å². The Morgan fingerprint density at radius 2 is 2.00 bits per heavy atom. The summed E-state index contributed by atoms with van der Waals surface area (Å²) in [6.45, 7) is -0.245. The van der Waals surface area contributed by atoms with Gasteiger partial charge in [0.1, 0.15) is 0 Å². The highest BCUT2D eigenvalue weighted by Gasteiger charge is 2.20. The molecule has 0 bridgehead atoms. The van der Waals surface area contributed by atoms with Crippen LogP contribution in [0.1, 0.15) is 11.1 Å². The van der Waals surface area contributed by atoms with E-state index in [2.05, 4.69) is 10.3 Å². The summed E-state index contributed by atoms with van der Waals surface area (Å²) < 4.78 is 24.9. The number of nitrogens with one attached hydrogen (secondary N) is 1. The van der Waals surface area contributed by atoms with E-state index < -0.39 is 15.9 Å². The van der Waals surface area contributed by atoms with E-state index >= 15 is 0 Å². The van der Waals surface area contributed by atoms with Crippen LogP contribution in [0.2, 0.25) is 0 Å². The lowest BCUT2D eigenvalue weighted by molar-refractivity contribution is -0.116. The molecule has 0 radical (unpaired) electrons. The molecular formula is C16H16N4O3S. The molecule has 0 aliphatic rings. The normalized spacial score (nSPS) is 11.0. The summed E-state index contributed by atoms with van der Waals surface area (Å²) >= 11 is 0. The predicted molar refractivity (Wildman–Crippen MR) is 89.3 cm³/mol. The molecule has 1 amide bonds. The van der Waals surface area contributed by atoms with Crippen molar-refractivity contribution in [2.45, 2.75) is 6.54 Å². The third kappa shape index (κ3) is 5.15. The van der Waals surface area contributed by atoms with E-state index in [0.717, 1.165) is 16.1 Å². The van der Waals surface area contributed by atoms with Crippen LogP contribution in [0.3, 0.4) is 0 Å². The molecule has 0 unspecified atom stereocenters. The Kier molecular flexibility index (Phi) is 5.63. The zero-order valence-electron chi connectivity index (χ0n) is 13.0. The Morgan fingerprint density at radius 1 is 1.29 bits per heavy atom. The van der Waals surface area contributed by atoms with Gasteiger partial charge in [-0.2, -0.15) is 9.57 Å². The minimum absolute atomic E-state index is 0.0764. The van der Waals surface area contributed by atoms with Crippen molar-refractivity contribution in [1.82, 2.24) is 9.29 Å². The van der Waals surface area contributed by atoms with Crippen molar-refractivity contribution in [3.8, 4) is 6.07 Å². The van der Waals surface area contributed by atoms with Gasteiger partial charge in [0.2, 0.25) is 15.9 Å². The Morgan fingerprint density at radius 3 is 2.62 bits per heavy atom. The Labute approximate surface area is 140 Å². The van der Waals surface area contributed by atoms with E-state index in [1.807, 2.05) is 6.07 Å². The van der Waals surface area contributed by atoms with Gasteiger partial charge in [-0.1, -0.05) is 6.07 Å². The molecule has 7 nitrogen and oxygen atoms in total. The molecule has 0 saturated carbocycles. The highest BCUT2D eigenvalue weighted by atomic mass is 32.2. The SMILES string of the molecule is CS(=O)(=O)N(CC(=O)Nc1cccc(C#N)c1)Cc1ccncc1. The standard InChI is InChI=1S/C16H16N4O3S/c1-24(22,23)20(11-13-5-7-18-8-6-13)12-16(21)19-15-4-2-3-14(9-15)10-17/h2-9H,11-12H2,1H3,(H,19,21). The predicted octanol–water partition coefficient (Wildman–Crippen LogP) is 1.35. The lowest BCUT2D eigenvalue weighted by Crippen LogP contribution is -2.36. The number of amides is 1. The van der Waals surface area contributed by atoms with Gasteiger partial charge in [0.25, 0.3) is 0 Å². The summed E-state index contributed by atoms with van der Waals surface area (Å²) in [4.78, 5) is 16.0. The van der Waals surface area contributed by atoms with Crippen LogP contribution < -0.4 is 5.32 Å². The second-order valence-electron chi connectivity index (χ2n) is 5.13. The average molecular weight is 344 g/mol. The van der Waals surface area contributed by atoms with Crippen molar-refractivity contribution in [1.29, 1.82) is 5.26 Å². The molecule has 1 N–H and O–H groups in total. The second kappa shape index (κ2) is 7.68. The largest absolute Gasteiger partial charge is 0.325 e. The van der Waals surface area contributed by atoms with Gasteiger partial charge in [-0.25, -0.2) is 8.42 Å². The van der Waals surface area contributed by atoms with Gasteiger partial charge < -0.3 is 5.32 Å². The number of benzene rings is 1. The molecule has 0 aliphatic carbocycles. The monoisotopic (exact) mass is 344 g/mol. The fourth-order valence-electron chi connectivity index (χ4n) is 2.01. The quantitative estimate of drug-likeness (QED) is 0.852. The van der Waals surface area contributed by atoms with E-state index in [4.69, 9.17) is 5.26 Å². The molecule has 124 valence electrons. The highest BCUT2D eigenvalue weighted by Crippen LogP contribution is 2.11. The van der Waals surface area contributed by atoms with Crippen LogP contribution in [0.5, 0.6) is 0 Å². The van der Waals surface area contributed by atoms with Crippen molar-refractivity contribution in [3.05, 3.63) is 59.9 Å². The first-order chi connectivity index (χ1) is 11.4. The van der Waals surface area contributed by atoms with Crippen LogP contribution in [-0.4, -0.2) is 36.4 Å². The van der Waals surface area contributed by atoms with Crippen LogP contribution in [0.25, 0.3) is 0 Å². The summed E-state index contributed by atoms with van der Waals surface area (Å²) in [7, 11) is -3.56. The molecule has 0 fully saturated rings. The van der Waals surface area contributed by atoms with Gasteiger partial charge in [-0.05, 0) is 35.9 Å². The maximum atomic E-state index is 12.1. The third-order valence-corrected chi connectivity index (χ3v) is 4.37. The van der Waals surface area contributed by atoms with E-state index in [-0.39, 0.29) is 13.1 Å². The van der Waals surface area contributed by atoms with Crippen LogP contribution >= 0.6 is 0 Å². The number of carbonyl (C=O) groups is 1. The summed E-state index contributed by atoms with van der Waals surface area (Å²) in [5, 5.41) is 11.5. The van der Waals surface area contributed by atoms with Gasteiger partial charge in [0.15, 0.2) is 0 Å². The number of rotatable bonds is 6. The van der Waals surface area contributed by atoms with Gasteiger partial charge >= 0.3 is 0 Å². The molecule has 0 atom stereocenters. The van der Waals surface area contributed by atoms with Crippen LogP contribution in [0.4, 0.5) is 5.69 Å². The molecule has 1 aromatic carbocycles. The van der Waals surface area contributed by atoms with Crippen molar-refractivity contribution in [3.63, 3.8) is 0 Å². The first kappa shape index (κ1) is 17.6. The lowest BCUT2D eigenvalue weighted by Gasteiger charge is -2.19. The molecule has 2 rings (SSSR count). The summed E-state index contributed by atoms with van der Waals surface area (Å²) in [5.41, 5.74) is 1.58. The van der Waals surface area contributed by atoms with E-state index in [9.17, 15) is 13.2 Å². The molecule has 2 aromatic rings. The van der Waals surface area contributed by atoms with E-state index in [1.54, 1.807) is 42.7 Å². The highest BCUT2D eigenvalue weighted by molar-refractivity contribution is 7.88. The maximum Gasteiger partial charge on any atom is 0.239 e. The number of hydrogen-bond donors (Lipinski definition) is 1. The molecule has 8 heteroatoms. The van der Waals surface area contributed by atoms with Gasteiger partial charge in [-0.3, -0.25) is 9.78 Å². The molecule has 0 aliphatic heterocycles. The topological polar surface area (TPSA) is 103 Å². The fraction of sp³-hybridized carbons (Fsp3) is 0.188. The molecule has 24 heavy (non-hydrogen) atoms. The van der Waals surface area contributed by atoms with Crippen LogP contribution in [0.15, 0.2) is 48.8 Å². The zero-order chi connectivity index (χ0) is 17.6. The number of aromatic nitrogens is 1. The van der Waals surface area contributed by atoms with Crippen LogP contribution in [-0.2, 0) is 21.4 Å². The maximum absolute atomic E-state index is 12.1. The Balaban J connectivity index is 2.09. The van der Waals surface area contributed by atoms with Crippen molar-refractivity contribution in [2.24, 2.45) is 0 Å².